The maximum Gasteiger partial charge on any atom is 0.257 e. The van der Waals surface area contributed by atoms with E-state index >= 15 is 0 Å². The van der Waals surface area contributed by atoms with Gasteiger partial charge in [-0.25, -0.2) is 4.39 Å². The van der Waals surface area contributed by atoms with Crippen molar-refractivity contribution < 1.29 is 18.5 Å². The van der Waals surface area contributed by atoms with Crippen molar-refractivity contribution in [2.24, 2.45) is 0 Å². The summed E-state index contributed by atoms with van der Waals surface area (Å²) in [4.78, 5) is 25.8. The molecule has 0 bridgehead atoms. The Morgan fingerprint density at radius 1 is 1.38 bits per heavy atom. The van der Waals surface area contributed by atoms with Gasteiger partial charge in [-0.15, -0.1) is 0 Å². The predicted octanol–water partition coefficient (Wildman–Crippen LogP) is 2.65. The molecule has 8 heteroatoms. The van der Waals surface area contributed by atoms with Crippen molar-refractivity contribution >= 4 is 23.4 Å². The van der Waals surface area contributed by atoms with E-state index < -0.39 is 17.8 Å². The van der Waals surface area contributed by atoms with Crippen LogP contribution in [0, 0.1) is 12.7 Å². The number of carbonyl (C=O) groups is 2. The summed E-state index contributed by atoms with van der Waals surface area (Å²) in [7, 11) is 3.17. The average molecular weight is 354 g/mol. The van der Waals surface area contributed by atoms with E-state index in [0.717, 1.165) is 0 Å². The lowest BCUT2D eigenvalue weighted by atomic mass is 10.0. The molecule has 0 aliphatic rings. The molecule has 2 amide bonds. The van der Waals surface area contributed by atoms with Gasteiger partial charge < -0.3 is 14.7 Å². The summed E-state index contributed by atoms with van der Waals surface area (Å²) < 4.78 is 19.2. The zero-order valence-electron chi connectivity index (χ0n) is 13.7. The molecule has 1 aromatic heterocycles. The molecule has 1 aromatic carbocycles. The van der Waals surface area contributed by atoms with Gasteiger partial charge in [0.25, 0.3) is 5.91 Å². The number of hydrogen-bond acceptors (Lipinski definition) is 4. The van der Waals surface area contributed by atoms with Crippen LogP contribution in [0.25, 0.3) is 11.3 Å². The average Bonchev–Trinajstić information content (AvgIpc) is 2.87. The van der Waals surface area contributed by atoms with Crippen molar-refractivity contribution in [1.29, 1.82) is 0 Å². The topological polar surface area (TPSA) is 75.4 Å². The standard InChI is InChI=1S/C16H17ClFN3O3/c1-8(16(23)21(3)4)19-15(22)12-9(2)24-20-14(12)13-10(17)6-5-7-11(13)18/h5-8H,1-4H3,(H,19,22)/t8-/m1/s1. The fourth-order valence-electron chi connectivity index (χ4n) is 2.25. The van der Waals surface area contributed by atoms with E-state index in [1.165, 1.54) is 30.0 Å². The molecule has 128 valence electrons. The minimum absolute atomic E-state index is 0.00222. The Morgan fingerprint density at radius 2 is 2.04 bits per heavy atom. The van der Waals surface area contributed by atoms with E-state index in [1.54, 1.807) is 21.0 Å². The Balaban J connectivity index is 2.41. The normalized spacial score (nSPS) is 11.9. The van der Waals surface area contributed by atoms with Gasteiger partial charge in [0.15, 0.2) is 0 Å². The molecule has 0 radical (unpaired) electrons. The van der Waals surface area contributed by atoms with Crippen molar-refractivity contribution in [3.8, 4) is 11.3 Å². The first kappa shape index (κ1) is 17.9. The SMILES string of the molecule is Cc1onc(-c2c(F)cccc2Cl)c1C(=O)N[C@H](C)C(=O)N(C)C. The molecule has 0 fully saturated rings. The van der Waals surface area contributed by atoms with Crippen LogP contribution in [0.15, 0.2) is 22.7 Å². The van der Waals surface area contributed by atoms with Crippen molar-refractivity contribution in [2.75, 3.05) is 14.1 Å². The summed E-state index contributed by atoms with van der Waals surface area (Å²) in [6.45, 7) is 3.08. The molecular weight excluding hydrogens is 337 g/mol. The first-order valence-electron chi connectivity index (χ1n) is 7.16. The number of nitrogens with zero attached hydrogens (tertiary/aromatic N) is 2. The Bertz CT molecular complexity index is 769. The van der Waals surface area contributed by atoms with Crippen LogP contribution in [0.1, 0.15) is 23.0 Å². The highest BCUT2D eigenvalue weighted by Gasteiger charge is 2.27. The number of aromatic nitrogens is 1. The fraction of sp³-hybridized carbons (Fsp3) is 0.312. The highest BCUT2D eigenvalue weighted by molar-refractivity contribution is 6.33. The summed E-state index contributed by atoms with van der Waals surface area (Å²) in [5, 5.41) is 6.42. The van der Waals surface area contributed by atoms with E-state index in [4.69, 9.17) is 16.1 Å². The van der Waals surface area contributed by atoms with Gasteiger partial charge >= 0.3 is 0 Å². The first-order valence-corrected chi connectivity index (χ1v) is 7.54. The first-order chi connectivity index (χ1) is 11.2. The zero-order chi connectivity index (χ0) is 18.0. The zero-order valence-corrected chi connectivity index (χ0v) is 14.4. The number of nitrogens with one attached hydrogen (secondary N) is 1. The molecule has 1 heterocycles. The quantitative estimate of drug-likeness (QED) is 0.916. The number of halogens is 2. The van der Waals surface area contributed by atoms with Crippen LogP contribution in [-0.4, -0.2) is 42.0 Å². The van der Waals surface area contributed by atoms with Gasteiger partial charge in [0.1, 0.15) is 28.9 Å². The Labute approximate surface area is 143 Å². The second kappa shape index (κ2) is 7.00. The fourth-order valence-corrected chi connectivity index (χ4v) is 2.50. The second-order valence-electron chi connectivity index (χ2n) is 5.49. The summed E-state index contributed by atoms with van der Waals surface area (Å²) in [5.41, 5.74) is 0.0192. The van der Waals surface area contributed by atoms with Gasteiger partial charge in [0.05, 0.1) is 10.6 Å². The van der Waals surface area contributed by atoms with E-state index in [9.17, 15) is 14.0 Å². The largest absolute Gasteiger partial charge is 0.360 e. The summed E-state index contributed by atoms with van der Waals surface area (Å²) in [5.74, 6) is -1.29. The van der Waals surface area contributed by atoms with Gasteiger partial charge in [0, 0.05) is 14.1 Å². The van der Waals surface area contributed by atoms with Crippen molar-refractivity contribution in [1.82, 2.24) is 15.4 Å². The lowest BCUT2D eigenvalue weighted by molar-refractivity contribution is -0.130. The molecule has 2 aromatic rings. The smallest absolute Gasteiger partial charge is 0.257 e. The molecule has 0 saturated carbocycles. The van der Waals surface area contributed by atoms with E-state index in [1.807, 2.05) is 0 Å². The monoisotopic (exact) mass is 353 g/mol. The van der Waals surface area contributed by atoms with Crippen LogP contribution in [0.3, 0.4) is 0 Å². The van der Waals surface area contributed by atoms with Gasteiger partial charge in [-0.3, -0.25) is 9.59 Å². The number of benzene rings is 1. The lowest BCUT2D eigenvalue weighted by Gasteiger charge is -2.18. The van der Waals surface area contributed by atoms with Gasteiger partial charge in [-0.05, 0) is 26.0 Å². The molecule has 6 nitrogen and oxygen atoms in total. The van der Waals surface area contributed by atoms with Crippen molar-refractivity contribution in [2.45, 2.75) is 19.9 Å². The van der Waals surface area contributed by atoms with Crippen LogP contribution < -0.4 is 5.32 Å². The number of likely N-dealkylation sites (N-methyl/N-ethyl adjacent to an activating group) is 1. The summed E-state index contributed by atoms with van der Waals surface area (Å²) in [6.07, 6.45) is 0. The Kier molecular flexibility index (Phi) is 5.23. The molecule has 0 aliphatic carbocycles. The molecule has 1 N–H and O–H groups in total. The van der Waals surface area contributed by atoms with Crippen molar-refractivity contribution in [3.63, 3.8) is 0 Å². The number of amides is 2. The highest BCUT2D eigenvalue weighted by Crippen LogP contribution is 2.33. The van der Waals surface area contributed by atoms with Crippen LogP contribution in [0.2, 0.25) is 5.02 Å². The molecule has 1 atom stereocenters. The Hall–Kier alpha value is -2.41. The molecule has 0 unspecified atom stereocenters. The molecule has 0 spiro atoms. The van der Waals surface area contributed by atoms with Crippen LogP contribution >= 0.6 is 11.6 Å². The third kappa shape index (κ3) is 3.41. The third-order valence-corrected chi connectivity index (χ3v) is 3.76. The predicted molar refractivity (Wildman–Crippen MR) is 87.3 cm³/mol. The Morgan fingerprint density at radius 3 is 2.62 bits per heavy atom. The van der Waals surface area contributed by atoms with E-state index in [2.05, 4.69) is 10.5 Å². The maximum absolute atomic E-state index is 14.1. The number of rotatable bonds is 4. The lowest BCUT2D eigenvalue weighted by Crippen LogP contribution is -2.44. The van der Waals surface area contributed by atoms with Crippen molar-refractivity contribution in [3.05, 3.63) is 40.4 Å². The third-order valence-electron chi connectivity index (χ3n) is 3.45. The van der Waals surface area contributed by atoms with Crippen LogP contribution in [-0.2, 0) is 4.79 Å². The number of aryl methyl sites for hydroxylation is 1. The van der Waals surface area contributed by atoms with Crippen LogP contribution in [0.4, 0.5) is 4.39 Å². The summed E-state index contributed by atoms with van der Waals surface area (Å²) in [6, 6.07) is 3.39. The number of hydrogen-bond donors (Lipinski definition) is 1. The maximum atomic E-state index is 14.1. The minimum Gasteiger partial charge on any atom is -0.360 e. The molecule has 0 saturated heterocycles. The number of carbonyl (C=O) groups excluding carboxylic acids is 2. The van der Waals surface area contributed by atoms with Crippen LogP contribution in [0.5, 0.6) is 0 Å². The molecule has 2 rings (SSSR count). The summed E-state index contributed by atoms with van der Waals surface area (Å²) >= 11 is 6.03. The molecule has 0 aliphatic heterocycles. The van der Waals surface area contributed by atoms with E-state index in [-0.39, 0.29) is 33.5 Å². The van der Waals surface area contributed by atoms with Gasteiger partial charge in [-0.2, -0.15) is 0 Å². The molecular formula is C16H17ClFN3O3. The second-order valence-corrected chi connectivity index (χ2v) is 5.89. The molecule has 24 heavy (non-hydrogen) atoms. The minimum atomic E-state index is -0.759. The van der Waals surface area contributed by atoms with Gasteiger partial charge in [0.2, 0.25) is 5.91 Å². The highest BCUT2D eigenvalue weighted by atomic mass is 35.5. The van der Waals surface area contributed by atoms with Gasteiger partial charge in [-0.1, -0.05) is 22.8 Å². The van der Waals surface area contributed by atoms with E-state index in [0.29, 0.717) is 0 Å².